The van der Waals surface area contributed by atoms with E-state index in [4.69, 9.17) is 9.26 Å². The molecule has 0 radical (unpaired) electrons. The molecule has 1 aromatic heterocycles. The van der Waals surface area contributed by atoms with E-state index in [9.17, 15) is 9.18 Å². The summed E-state index contributed by atoms with van der Waals surface area (Å²) in [6.07, 6.45) is 0.258. The number of hydrogen-bond acceptors (Lipinski definition) is 4. The monoisotopic (exact) mass is 318 g/mol. The van der Waals surface area contributed by atoms with E-state index in [1.165, 1.54) is 12.1 Å². The van der Waals surface area contributed by atoms with Gasteiger partial charge in [0.05, 0.1) is 24.3 Å². The standard InChI is InChI=1S/C17H19FN2O3/c1-11-9-20(10-12(2)22-11)17(21)8-15-7-16(23-19-15)13-3-5-14(18)6-4-13/h3-7,11-12H,8-10H2,1-2H3. The van der Waals surface area contributed by atoms with Crippen LogP contribution in [0.5, 0.6) is 0 Å². The fraction of sp³-hybridized carbons (Fsp3) is 0.412. The molecule has 2 aromatic rings. The molecule has 1 amide bonds. The lowest BCUT2D eigenvalue weighted by Gasteiger charge is -2.35. The molecule has 0 aliphatic carbocycles. The highest BCUT2D eigenvalue weighted by Gasteiger charge is 2.26. The van der Waals surface area contributed by atoms with Crippen LogP contribution in [0, 0.1) is 5.82 Å². The second-order valence-corrected chi connectivity index (χ2v) is 5.92. The van der Waals surface area contributed by atoms with Gasteiger partial charge < -0.3 is 14.2 Å². The van der Waals surface area contributed by atoms with Crippen molar-refractivity contribution in [1.29, 1.82) is 0 Å². The Labute approximate surface area is 134 Å². The lowest BCUT2D eigenvalue weighted by molar-refractivity contribution is -0.142. The maximum absolute atomic E-state index is 12.9. The number of aromatic nitrogens is 1. The van der Waals surface area contributed by atoms with Gasteiger partial charge in [0.1, 0.15) is 5.82 Å². The first-order valence-corrected chi connectivity index (χ1v) is 7.66. The molecule has 2 atom stereocenters. The third-order valence-corrected chi connectivity index (χ3v) is 3.79. The lowest BCUT2D eigenvalue weighted by atomic mass is 10.1. The number of hydrogen-bond donors (Lipinski definition) is 0. The van der Waals surface area contributed by atoms with Gasteiger partial charge in [-0.2, -0.15) is 0 Å². The van der Waals surface area contributed by atoms with Crippen molar-refractivity contribution in [3.8, 4) is 11.3 Å². The Morgan fingerprint density at radius 1 is 1.26 bits per heavy atom. The van der Waals surface area contributed by atoms with Crippen LogP contribution in [-0.2, 0) is 16.0 Å². The summed E-state index contributed by atoms with van der Waals surface area (Å²) in [5, 5.41) is 3.94. The SMILES string of the molecule is CC1CN(C(=O)Cc2cc(-c3ccc(F)cc3)on2)CC(C)O1. The number of halogens is 1. The zero-order chi connectivity index (χ0) is 16.4. The molecule has 2 unspecified atom stereocenters. The number of morpholine rings is 1. The molecular formula is C17H19FN2O3. The van der Waals surface area contributed by atoms with Crippen LogP contribution in [0.4, 0.5) is 4.39 Å². The molecule has 5 nitrogen and oxygen atoms in total. The molecule has 2 heterocycles. The first-order chi connectivity index (χ1) is 11.0. The Morgan fingerprint density at radius 2 is 1.91 bits per heavy atom. The summed E-state index contributed by atoms with van der Waals surface area (Å²) in [4.78, 5) is 14.2. The van der Waals surface area contributed by atoms with Crippen LogP contribution in [0.3, 0.4) is 0 Å². The van der Waals surface area contributed by atoms with E-state index in [-0.39, 0.29) is 30.4 Å². The predicted octanol–water partition coefficient (Wildman–Crippen LogP) is 2.66. The summed E-state index contributed by atoms with van der Waals surface area (Å²) in [7, 11) is 0. The third kappa shape index (κ3) is 3.76. The van der Waals surface area contributed by atoms with E-state index in [0.717, 1.165) is 5.56 Å². The molecule has 1 aliphatic rings. The molecule has 23 heavy (non-hydrogen) atoms. The highest BCUT2D eigenvalue weighted by molar-refractivity contribution is 5.78. The minimum absolute atomic E-state index is 0.00551. The van der Waals surface area contributed by atoms with E-state index in [1.807, 2.05) is 13.8 Å². The topological polar surface area (TPSA) is 55.6 Å². The summed E-state index contributed by atoms with van der Waals surface area (Å²) in [5.74, 6) is 0.224. The minimum Gasteiger partial charge on any atom is -0.372 e. The van der Waals surface area contributed by atoms with Crippen LogP contribution in [0.1, 0.15) is 19.5 Å². The summed E-state index contributed by atoms with van der Waals surface area (Å²) in [5.41, 5.74) is 1.30. The molecule has 0 spiro atoms. The zero-order valence-corrected chi connectivity index (χ0v) is 13.2. The van der Waals surface area contributed by atoms with E-state index in [0.29, 0.717) is 24.5 Å². The molecule has 6 heteroatoms. The Balaban J connectivity index is 1.66. The highest BCUT2D eigenvalue weighted by atomic mass is 19.1. The number of ether oxygens (including phenoxy) is 1. The number of carbonyl (C=O) groups excluding carboxylic acids is 1. The highest BCUT2D eigenvalue weighted by Crippen LogP contribution is 2.21. The molecule has 0 saturated carbocycles. The Hall–Kier alpha value is -2.21. The number of benzene rings is 1. The summed E-state index contributed by atoms with van der Waals surface area (Å²) in [6, 6.07) is 7.68. The quantitative estimate of drug-likeness (QED) is 0.873. The smallest absolute Gasteiger partial charge is 0.228 e. The fourth-order valence-corrected chi connectivity index (χ4v) is 2.79. The van der Waals surface area contributed by atoms with Crippen LogP contribution < -0.4 is 0 Å². The van der Waals surface area contributed by atoms with Gasteiger partial charge in [0, 0.05) is 24.7 Å². The van der Waals surface area contributed by atoms with Crippen molar-refractivity contribution in [2.75, 3.05) is 13.1 Å². The molecule has 0 bridgehead atoms. The molecule has 1 fully saturated rings. The van der Waals surface area contributed by atoms with Gasteiger partial charge in [-0.05, 0) is 38.1 Å². The molecule has 1 aliphatic heterocycles. The van der Waals surface area contributed by atoms with Gasteiger partial charge in [-0.1, -0.05) is 5.16 Å². The van der Waals surface area contributed by atoms with Crippen LogP contribution in [-0.4, -0.2) is 41.3 Å². The number of rotatable bonds is 3. The number of amides is 1. The molecule has 3 rings (SSSR count). The lowest BCUT2D eigenvalue weighted by Crippen LogP contribution is -2.48. The first-order valence-electron chi connectivity index (χ1n) is 7.66. The van der Waals surface area contributed by atoms with E-state index < -0.39 is 0 Å². The molecule has 1 aromatic carbocycles. The van der Waals surface area contributed by atoms with Crippen LogP contribution in [0.25, 0.3) is 11.3 Å². The van der Waals surface area contributed by atoms with Crippen molar-refractivity contribution >= 4 is 5.91 Å². The second-order valence-electron chi connectivity index (χ2n) is 5.92. The zero-order valence-electron chi connectivity index (χ0n) is 13.2. The third-order valence-electron chi connectivity index (χ3n) is 3.79. The van der Waals surface area contributed by atoms with E-state index in [2.05, 4.69) is 5.16 Å². The van der Waals surface area contributed by atoms with Gasteiger partial charge in [-0.3, -0.25) is 4.79 Å². The fourth-order valence-electron chi connectivity index (χ4n) is 2.79. The summed E-state index contributed by atoms with van der Waals surface area (Å²) < 4.78 is 23.8. The number of carbonyl (C=O) groups is 1. The molecule has 0 N–H and O–H groups in total. The summed E-state index contributed by atoms with van der Waals surface area (Å²) in [6.45, 7) is 5.09. The van der Waals surface area contributed by atoms with Crippen LogP contribution in [0.2, 0.25) is 0 Å². The van der Waals surface area contributed by atoms with E-state index in [1.54, 1.807) is 23.1 Å². The van der Waals surface area contributed by atoms with Crippen molar-refractivity contribution in [2.45, 2.75) is 32.5 Å². The number of nitrogens with zero attached hydrogens (tertiary/aromatic N) is 2. The predicted molar refractivity (Wildman–Crippen MR) is 82.2 cm³/mol. The van der Waals surface area contributed by atoms with Crippen LogP contribution in [0.15, 0.2) is 34.9 Å². The minimum atomic E-state index is -0.306. The van der Waals surface area contributed by atoms with Gasteiger partial charge in [0.2, 0.25) is 5.91 Å². The Kier molecular flexibility index (Phi) is 4.43. The van der Waals surface area contributed by atoms with Crippen molar-refractivity contribution in [3.63, 3.8) is 0 Å². The van der Waals surface area contributed by atoms with Gasteiger partial charge >= 0.3 is 0 Å². The van der Waals surface area contributed by atoms with Gasteiger partial charge in [0.25, 0.3) is 0 Å². The summed E-state index contributed by atoms with van der Waals surface area (Å²) >= 11 is 0. The van der Waals surface area contributed by atoms with Crippen molar-refractivity contribution in [3.05, 3.63) is 41.8 Å². The molecular weight excluding hydrogens is 299 g/mol. The normalized spacial score (nSPS) is 21.4. The maximum Gasteiger partial charge on any atom is 0.228 e. The largest absolute Gasteiger partial charge is 0.372 e. The van der Waals surface area contributed by atoms with Crippen molar-refractivity contribution in [1.82, 2.24) is 10.1 Å². The van der Waals surface area contributed by atoms with E-state index >= 15 is 0 Å². The average molecular weight is 318 g/mol. The van der Waals surface area contributed by atoms with Gasteiger partial charge in [-0.25, -0.2) is 4.39 Å². The first kappa shape index (κ1) is 15.7. The molecule has 1 saturated heterocycles. The Bertz CT molecular complexity index is 673. The maximum atomic E-state index is 12.9. The Morgan fingerprint density at radius 3 is 2.57 bits per heavy atom. The average Bonchev–Trinajstić information content (AvgIpc) is 2.95. The van der Waals surface area contributed by atoms with Gasteiger partial charge in [0.15, 0.2) is 5.76 Å². The van der Waals surface area contributed by atoms with Crippen molar-refractivity contribution in [2.24, 2.45) is 0 Å². The van der Waals surface area contributed by atoms with Crippen LogP contribution >= 0.6 is 0 Å². The van der Waals surface area contributed by atoms with Gasteiger partial charge in [-0.15, -0.1) is 0 Å². The van der Waals surface area contributed by atoms with Crippen molar-refractivity contribution < 1.29 is 18.4 Å². The second kappa shape index (κ2) is 6.50. The molecule has 122 valence electrons.